The summed E-state index contributed by atoms with van der Waals surface area (Å²) in [6, 6.07) is 11.7. The maximum atomic E-state index is 12.5. The van der Waals surface area contributed by atoms with E-state index in [0.29, 0.717) is 37.7 Å². The van der Waals surface area contributed by atoms with E-state index in [4.69, 9.17) is 17.0 Å². The van der Waals surface area contributed by atoms with E-state index in [0.717, 1.165) is 4.47 Å². The second kappa shape index (κ2) is 9.09. The highest BCUT2D eigenvalue weighted by atomic mass is 79.9. The molecule has 146 valence electrons. The molecule has 0 atom stereocenters. The summed E-state index contributed by atoms with van der Waals surface area (Å²) in [6.45, 7) is 2.14. The van der Waals surface area contributed by atoms with E-state index in [1.165, 1.54) is 6.07 Å². The average Bonchev–Trinajstić information content (AvgIpc) is 2.68. The van der Waals surface area contributed by atoms with Crippen LogP contribution >= 0.6 is 28.1 Å². The first-order valence-corrected chi connectivity index (χ1v) is 9.63. The monoisotopic (exact) mass is 464 g/mol. The second-order valence-corrected chi connectivity index (χ2v) is 7.30. The van der Waals surface area contributed by atoms with Gasteiger partial charge in [-0.25, -0.2) is 0 Å². The van der Waals surface area contributed by atoms with Crippen molar-refractivity contribution in [2.75, 3.05) is 36.5 Å². The van der Waals surface area contributed by atoms with Crippen LogP contribution in [0.1, 0.15) is 10.4 Å². The van der Waals surface area contributed by atoms with Crippen LogP contribution in [0, 0.1) is 10.1 Å². The van der Waals surface area contributed by atoms with E-state index in [-0.39, 0.29) is 16.4 Å². The molecule has 10 heteroatoms. The minimum Gasteiger partial charge on any atom is -0.378 e. The average molecular weight is 465 g/mol. The zero-order chi connectivity index (χ0) is 20.1. The largest absolute Gasteiger partial charge is 0.378 e. The van der Waals surface area contributed by atoms with E-state index in [1.807, 2.05) is 17.0 Å². The Morgan fingerprint density at radius 2 is 1.96 bits per heavy atom. The number of carbonyl (C=O) groups is 1. The number of nitro benzene ring substituents is 1. The number of thiocarbonyl (C=S) groups is 1. The molecule has 1 aliphatic rings. The minimum atomic E-state index is -0.524. The smallest absolute Gasteiger partial charge is 0.293 e. The lowest BCUT2D eigenvalue weighted by atomic mass is 10.1. The van der Waals surface area contributed by atoms with E-state index < -0.39 is 10.8 Å². The normalized spacial score (nSPS) is 13.7. The number of hydrogen-bond donors (Lipinski definition) is 2. The molecule has 2 aromatic carbocycles. The van der Waals surface area contributed by atoms with Crippen molar-refractivity contribution in [1.29, 1.82) is 0 Å². The molecule has 28 heavy (non-hydrogen) atoms. The lowest BCUT2D eigenvalue weighted by Gasteiger charge is -2.28. The van der Waals surface area contributed by atoms with Crippen LogP contribution in [0.15, 0.2) is 46.9 Å². The highest BCUT2D eigenvalue weighted by molar-refractivity contribution is 9.10. The van der Waals surface area contributed by atoms with Crippen LogP contribution < -0.4 is 15.5 Å². The van der Waals surface area contributed by atoms with Crippen LogP contribution in [0.3, 0.4) is 0 Å². The number of amides is 1. The first-order valence-electron chi connectivity index (χ1n) is 8.43. The Morgan fingerprint density at radius 3 is 2.64 bits per heavy atom. The third kappa shape index (κ3) is 5.03. The summed E-state index contributed by atoms with van der Waals surface area (Å²) in [4.78, 5) is 25.4. The molecule has 0 unspecified atom stereocenters. The number of carbonyl (C=O) groups excluding carboxylic acids is 1. The van der Waals surface area contributed by atoms with Crippen molar-refractivity contribution in [2.24, 2.45) is 0 Å². The van der Waals surface area contributed by atoms with Crippen LogP contribution in [0.2, 0.25) is 0 Å². The van der Waals surface area contributed by atoms with Gasteiger partial charge in [0.2, 0.25) is 0 Å². The van der Waals surface area contributed by atoms with Gasteiger partial charge in [-0.2, -0.15) is 0 Å². The predicted octanol–water partition coefficient (Wildman–Crippen LogP) is 3.32. The molecule has 0 aromatic heterocycles. The molecule has 3 rings (SSSR count). The third-order valence-electron chi connectivity index (χ3n) is 4.10. The Morgan fingerprint density at radius 1 is 1.21 bits per heavy atom. The van der Waals surface area contributed by atoms with Crippen molar-refractivity contribution in [2.45, 2.75) is 0 Å². The molecule has 0 bridgehead atoms. The number of nitrogens with zero attached hydrogens (tertiary/aromatic N) is 2. The summed E-state index contributed by atoms with van der Waals surface area (Å²) >= 11 is 8.51. The molecule has 0 radical (unpaired) electrons. The first kappa shape index (κ1) is 20.2. The molecule has 1 heterocycles. The molecule has 2 N–H and O–H groups in total. The minimum absolute atomic E-state index is 0.100. The fourth-order valence-corrected chi connectivity index (χ4v) is 3.40. The Balaban J connectivity index is 1.73. The Hall–Kier alpha value is -2.56. The Kier molecular flexibility index (Phi) is 6.55. The third-order valence-corrected chi connectivity index (χ3v) is 4.79. The van der Waals surface area contributed by atoms with Gasteiger partial charge in [0.25, 0.3) is 11.6 Å². The van der Waals surface area contributed by atoms with E-state index in [2.05, 4.69) is 26.6 Å². The molecule has 1 amide bonds. The van der Waals surface area contributed by atoms with E-state index in [1.54, 1.807) is 24.3 Å². The van der Waals surface area contributed by atoms with Gasteiger partial charge in [0.1, 0.15) is 5.69 Å². The van der Waals surface area contributed by atoms with Crippen LogP contribution in [-0.4, -0.2) is 42.2 Å². The van der Waals surface area contributed by atoms with Crippen LogP contribution in [-0.2, 0) is 4.74 Å². The van der Waals surface area contributed by atoms with Crippen molar-refractivity contribution in [1.82, 2.24) is 5.32 Å². The maximum Gasteiger partial charge on any atom is 0.293 e. The zero-order valence-corrected chi connectivity index (χ0v) is 17.1. The molecule has 0 aliphatic carbocycles. The summed E-state index contributed by atoms with van der Waals surface area (Å²) < 4.78 is 6.15. The molecule has 1 saturated heterocycles. The molecule has 0 saturated carbocycles. The molecule has 2 aromatic rings. The van der Waals surface area contributed by atoms with Gasteiger partial charge in [0.05, 0.1) is 18.1 Å². The zero-order valence-electron chi connectivity index (χ0n) is 14.7. The van der Waals surface area contributed by atoms with Crippen molar-refractivity contribution < 1.29 is 14.5 Å². The summed E-state index contributed by atoms with van der Waals surface area (Å²) in [5, 5.41) is 17.0. The fraction of sp³-hybridized carbons (Fsp3) is 0.222. The van der Waals surface area contributed by atoms with Gasteiger partial charge >= 0.3 is 0 Å². The molecule has 0 spiro atoms. The SMILES string of the molecule is O=C(NC(=S)Nc1cccc(Br)c1)c1ccc(N2CCOCC2)c([N+](=O)[O-])c1. The summed E-state index contributed by atoms with van der Waals surface area (Å²) in [7, 11) is 0. The van der Waals surface area contributed by atoms with E-state index in [9.17, 15) is 14.9 Å². The van der Waals surface area contributed by atoms with Crippen molar-refractivity contribution in [3.63, 3.8) is 0 Å². The van der Waals surface area contributed by atoms with Gasteiger partial charge < -0.3 is 15.0 Å². The topological polar surface area (TPSA) is 96.7 Å². The highest BCUT2D eigenvalue weighted by Crippen LogP contribution is 2.30. The van der Waals surface area contributed by atoms with Crippen molar-refractivity contribution in [3.05, 3.63) is 62.6 Å². The Bertz CT molecular complexity index is 918. The number of hydrogen-bond acceptors (Lipinski definition) is 6. The van der Waals surface area contributed by atoms with Gasteiger partial charge in [-0.05, 0) is 42.5 Å². The van der Waals surface area contributed by atoms with Crippen LogP contribution in [0.5, 0.6) is 0 Å². The Labute approximate surface area is 175 Å². The molecular weight excluding hydrogens is 448 g/mol. The number of halogens is 1. The number of morpholine rings is 1. The summed E-state index contributed by atoms with van der Waals surface area (Å²) in [5.74, 6) is -0.524. The fourth-order valence-electron chi connectivity index (χ4n) is 2.79. The quantitative estimate of drug-likeness (QED) is 0.406. The highest BCUT2D eigenvalue weighted by Gasteiger charge is 2.23. The standard InChI is InChI=1S/C18H17BrN4O4S/c19-13-2-1-3-14(11-13)20-18(28)21-17(24)12-4-5-15(16(10-12)23(25)26)22-6-8-27-9-7-22/h1-5,10-11H,6-9H2,(H2,20,21,24,28). The van der Waals surface area contributed by atoms with Crippen LogP contribution in [0.25, 0.3) is 0 Å². The van der Waals surface area contributed by atoms with Gasteiger partial charge in [-0.1, -0.05) is 22.0 Å². The maximum absolute atomic E-state index is 12.5. The number of nitro groups is 1. The molecule has 1 aliphatic heterocycles. The number of nitrogens with one attached hydrogen (secondary N) is 2. The summed E-state index contributed by atoms with van der Waals surface area (Å²) in [5.41, 5.74) is 1.20. The van der Waals surface area contributed by atoms with Crippen molar-refractivity contribution >= 4 is 56.2 Å². The van der Waals surface area contributed by atoms with E-state index >= 15 is 0 Å². The van der Waals surface area contributed by atoms with Gasteiger partial charge in [-0.15, -0.1) is 0 Å². The van der Waals surface area contributed by atoms with Crippen LogP contribution in [0.4, 0.5) is 17.1 Å². The number of ether oxygens (including phenoxy) is 1. The van der Waals surface area contributed by atoms with Crippen molar-refractivity contribution in [3.8, 4) is 0 Å². The lowest BCUT2D eigenvalue weighted by molar-refractivity contribution is -0.384. The molecule has 1 fully saturated rings. The number of rotatable bonds is 4. The molecular formula is C18H17BrN4O4S. The second-order valence-electron chi connectivity index (χ2n) is 5.98. The first-order chi connectivity index (χ1) is 13.4. The molecule has 8 nitrogen and oxygen atoms in total. The number of benzene rings is 2. The van der Waals surface area contributed by atoms with Gasteiger partial charge in [-0.3, -0.25) is 20.2 Å². The van der Waals surface area contributed by atoms with Gasteiger partial charge in [0, 0.05) is 34.9 Å². The summed E-state index contributed by atoms with van der Waals surface area (Å²) in [6.07, 6.45) is 0. The lowest BCUT2D eigenvalue weighted by Crippen LogP contribution is -2.37. The predicted molar refractivity (Wildman–Crippen MR) is 114 cm³/mol. The number of anilines is 2. The van der Waals surface area contributed by atoms with Gasteiger partial charge in [0.15, 0.2) is 5.11 Å².